The SMILES string of the molecule is CCNCc1nc(C2CCOC2)no1. The Labute approximate surface area is 82.8 Å². The smallest absolute Gasteiger partial charge is 0.240 e. The van der Waals surface area contributed by atoms with E-state index < -0.39 is 0 Å². The number of ether oxygens (including phenoxy) is 1. The molecule has 0 aromatic carbocycles. The molecule has 5 heteroatoms. The fourth-order valence-electron chi connectivity index (χ4n) is 1.48. The van der Waals surface area contributed by atoms with E-state index in [-0.39, 0.29) is 0 Å². The Balaban J connectivity index is 1.94. The van der Waals surface area contributed by atoms with E-state index in [1.54, 1.807) is 0 Å². The van der Waals surface area contributed by atoms with Crippen molar-refractivity contribution in [1.29, 1.82) is 0 Å². The van der Waals surface area contributed by atoms with Crippen molar-refractivity contribution in [2.75, 3.05) is 19.8 Å². The molecule has 0 amide bonds. The van der Waals surface area contributed by atoms with E-state index in [9.17, 15) is 0 Å². The molecule has 0 spiro atoms. The minimum Gasteiger partial charge on any atom is -0.381 e. The van der Waals surface area contributed by atoms with E-state index in [4.69, 9.17) is 9.26 Å². The third-order valence-electron chi connectivity index (χ3n) is 2.30. The standard InChI is InChI=1S/C9H15N3O2/c1-2-10-5-8-11-9(12-14-8)7-3-4-13-6-7/h7,10H,2-6H2,1H3. The highest BCUT2D eigenvalue weighted by atomic mass is 16.5. The first-order valence-electron chi connectivity index (χ1n) is 5.01. The van der Waals surface area contributed by atoms with Crippen molar-refractivity contribution in [3.05, 3.63) is 11.7 Å². The van der Waals surface area contributed by atoms with E-state index in [1.165, 1.54) is 0 Å². The van der Waals surface area contributed by atoms with Gasteiger partial charge in [-0.05, 0) is 13.0 Å². The van der Waals surface area contributed by atoms with Crippen molar-refractivity contribution in [2.45, 2.75) is 25.8 Å². The lowest BCUT2D eigenvalue weighted by molar-refractivity contribution is 0.192. The zero-order chi connectivity index (χ0) is 9.80. The highest BCUT2D eigenvalue weighted by molar-refractivity contribution is 4.97. The summed E-state index contributed by atoms with van der Waals surface area (Å²) in [4.78, 5) is 4.31. The molecule has 1 atom stereocenters. The monoisotopic (exact) mass is 197 g/mol. The first-order chi connectivity index (χ1) is 6.90. The highest BCUT2D eigenvalue weighted by Gasteiger charge is 2.22. The lowest BCUT2D eigenvalue weighted by atomic mass is 10.1. The molecule has 1 aliphatic rings. The molecule has 14 heavy (non-hydrogen) atoms. The quantitative estimate of drug-likeness (QED) is 0.769. The van der Waals surface area contributed by atoms with Gasteiger partial charge in [-0.25, -0.2) is 0 Å². The fourth-order valence-corrected chi connectivity index (χ4v) is 1.48. The van der Waals surface area contributed by atoms with E-state index in [0.29, 0.717) is 18.4 Å². The molecule has 0 saturated carbocycles. The molecule has 1 fully saturated rings. The van der Waals surface area contributed by atoms with Gasteiger partial charge in [0.1, 0.15) is 0 Å². The fraction of sp³-hybridized carbons (Fsp3) is 0.778. The summed E-state index contributed by atoms with van der Waals surface area (Å²) in [5.41, 5.74) is 0. The van der Waals surface area contributed by atoms with Gasteiger partial charge in [0.05, 0.1) is 13.2 Å². The third kappa shape index (κ3) is 2.10. The summed E-state index contributed by atoms with van der Waals surface area (Å²) in [5.74, 6) is 1.78. The summed E-state index contributed by atoms with van der Waals surface area (Å²) in [7, 11) is 0. The second-order valence-corrected chi connectivity index (χ2v) is 3.39. The molecule has 1 N–H and O–H groups in total. The molecule has 1 aromatic rings. The normalized spacial score (nSPS) is 21.6. The van der Waals surface area contributed by atoms with E-state index >= 15 is 0 Å². The molecular weight excluding hydrogens is 182 g/mol. The Morgan fingerprint density at radius 3 is 3.21 bits per heavy atom. The molecule has 1 aliphatic heterocycles. The molecular formula is C9H15N3O2. The van der Waals surface area contributed by atoms with Crippen LogP contribution in [-0.4, -0.2) is 29.9 Å². The molecule has 0 radical (unpaired) electrons. The molecule has 1 aromatic heterocycles. The van der Waals surface area contributed by atoms with Crippen LogP contribution in [0.1, 0.15) is 31.0 Å². The first kappa shape index (κ1) is 9.61. The third-order valence-corrected chi connectivity index (χ3v) is 2.30. The molecule has 0 aliphatic carbocycles. The molecule has 1 saturated heterocycles. The molecule has 5 nitrogen and oxygen atoms in total. The van der Waals surface area contributed by atoms with Crippen molar-refractivity contribution in [1.82, 2.24) is 15.5 Å². The van der Waals surface area contributed by atoms with Gasteiger partial charge in [0.15, 0.2) is 5.82 Å². The second kappa shape index (κ2) is 4.52. The minimum absolute atomic E-state index is 0.328. The van der Waals surface area contributed by atoms with Gasteiger partial charge < -0.3 is 14.6 Å². The Kier molecular flexibility index (Phi) is 3.10. The lowest BCUT2D eigenvalue weighted by Crippen LogP contribution is -2.12. The van der Waals surface area contributed by atoms with Gasteiger partial charge in [-0.2, -0.15) is 4.98 Å². The predicted molar refractivity (Wildman–Crippen MR) is 49.9 cm³/mol. The van der Waals surface area contributed by atoms with E-state index in [2.05, 4.69) is 15.5 Å². The maximum absolute atomic E-state index is 5.26. The van der Waals surface area contributed by atoms with Crippen LogP contribution in [0.4, 0.5) is 0 Å². The van der Waals surface area contributed by atoms with Gasteiger partial charge >= 0.3 is 0 Å². The second-order valence-electron chi connectivity index (χ2n) is 3.39. The number of hydrogen-bond donors (Lipinski definition) is 1. The Hall–Kier alpha value is -0.940. The van der Waals surface area contributed by atoms with E-state index in [0.717, 1.165) is 32.0 Å². The van der Waals surface area contributed by atoms with Crippen LogP contribution in [0, 0.1) is 0 Å². The van der Waals surface area contributed by atoms with Crippen LogP contribution in [0.15, 0.2) is 4.52 Å². The Morgan fingerprint density at radius 1 is 1.57 bits per heavy atom. The minimum atomic E-state index is 0.328. The topological polar surface area (TPSA) is 60.2 Å². The summed E-state index contributed by atoms with van der Waals surface area (Å²) in [5, 5.41) is 7.09. The average molecular weight is 197 g/mol. The predicted octanol–water partition coefficient (Wildman–Crippen LogP) is 0.683. The van der Waals surface area contributed by atoms with Crippen molar-refractivity contribution in [2.24, 2.45) is 0 Å². The van der Waals surface area contributed by atoms with Crippen molar-refractivity contribution in [3.8, 4) is 0 Å². The average Bonchev–Trinajstić information content (AvgIpc) is 2.85. The largest absolute Gasteiger partial charge is 0.381 e. The summed E-state index contributed by atoms with van der Waals surface area (Å²) in [6.07, 6.45) is 1.00. The van der Waals surface area contributed by atoms with Crippen molar-refractivity contribution in [3.63, 3.8) is 0 Å². The van der Waals surface area contributed by atoms with Gasteiger partial charge in [0.25, 0.3) is 0 Å². The van der Waals surface area contributed by atoms with Crippen LogP contribution in [0.25, 0.3) is 0 Å². The van der Waals surface area contributed by atoms with Crippen LogP contribution in [0.3, 0.4) is 0 Å². The Morgan fingerprint density at radius 2 is 2.50 bits per heavy atom. The van der Waals surface area contributed by atoms with Gasteiger partial charge in [-0.15, -0.1) is 0 Å². The molecule has 78 valence electrons. The molecule has 1 unspecified atom stereocenters. The summed E-state index contributed by atoms with van der Waals surface area (Å²) < 4.78 is 10.4. The zero-order valence-corrected chi connectivity index (χ0v) is 8.32. The van der Waals surface area contributed by atoms with Gasteiger partial charge in [0, 0.05) is 12.5 Å². The van der Waals surface area contributed by atoms with Crippen molar-refractivity contribution < 1.29 is 9.26 Å². The first-order valence-corrected chi connectivity index (χ1v) is 5.01. The summed E-state index contributed by atoms with van der Waals surface area (Å²) in [6, 6.07) is 0. The number of nitrogens with one attached hydrogen (secondary N) is 1. The Bertz CT molecular complexity index is 281. The number of aromatic nitrogens is 2. The highest BCUT2D eigenvalue weighted by Crippen LogP contribution is 2.22. The van der Waals surface area contributed by atoms with Crippen LogP contribution in [0.2, 0.25) is 0 Å². The molecule has 2 heterocycles. The number of rotatable bonds is 4. The summed E-state index contributed by atoms with van der Waals surface area (Å²) >= 11 is 0. The van der Waals surface area contributed by atoms with Crippen LogP contribution in [0.5, 0.6) is 0 Å². The molecule has 0 bridgehead atoms. The lowest BCUT2D eigenvalue weighted by Gasteiger charge is -1.97. The summed E-state index contributed by atoms with van der Waals surface area (Å²) in [6.45, 7) is 5.13. The van der Waals surface area contributed by atoms with E-state index in [1.807, 2.05) is 6.92 Å². The zero-order valence-electron chi connectivity index (χ0n) is 8.32. The maximum Gasteiger partial charge on any atom is 0.240 e. The number of hydrogen-bond acceptors (Lipinski definition) is 5. The maximum atomic E-state index is 5.26. The van der Waals surface area contributed by atoms with Gasteiger partial charge in [0.2, 0.25) is 5.89 Å². The van der Waals surface area contributed by atoms with Crippen LogP contribution < -0.4 is 5.32 Å². The van der Waals surface area contributed by atoms with Gasteiger partial charge in [-0.3, -0.25) is 0 Å². The van der Waals surface area contributed by atoms with Crippen molar-refractivity contribution >= 4 is 0 Å². The number of nitrogens with zero attached hydrogens (tertiary/aromatic N) is 2. The van der Waals surface area contributed by atoms with Crippen LogP contribution >= 0.6 is 0 Å². The molecule has 2 rings (SSSR count). The van der Waals surface area contributed by atoms with Gasteiger partial charge in [-0.1, -0.05) is 12.1 Å². The van der Waals surface area contributed by atoms with Crippen LogP contribution in [-0.2, 0) is 11.3 Å².